The second kappa shape index (κ2) is 12.0. The molecule has 1 aliphatic rings. The molecule has 11 heteroatoms. The maximum absolute atomic E-state index is 14.1. The van der Waals surface area contributed by atoms with E-state index in [9.17, 15) is 22.8 Å². The van der Waals surface area contributed by atoms with Gasteiger partial charge in [0.1, 0.15) is 5.75 Å². The van der Waals surface area contributed by atoms with Crippen molar-refractivity contribution < 1.29 is 32.2 Å². The van der Waals surface area contributed by atoms with Crippen LogP contribution < -0.4 is 20.7 Å². The minimum absolute atomic E-state index is 0.148. The zero-order valence-corrected chi connectivity index (χ0v) is 21.1. The van der Waals surface area contributed by atoms with Gasteiger partial charge in [0.2, 0.25) is 0 Å². The van der Waals surface area contributed by atoms with Crippen LogP contribution in [-0.2, 0) is 15.7 Å². The molecule has 0 radical (unpaired) electrons. The number of carbonyl (C=O) groups is 2. The average molecular weight is 503 g/mol. The van der Waals surface area contributed by atoms with Crippen molar-refractivity contribution >= 4 is 17.9 Å². The third-order valence-corrected chi connectivity index (χ3v) is 6.20. The normalized spacial score (nSPS) is 18.8. The number of carbonyl (C=O) groups excluding carboxylic acids is 2. The molecule has 198 valence electrons. The van der Waals surface area contributed by atoms with Crippen molar-refractivity contribution in [3.63, 3.8) is 0 Å². The van der Waals surface area contributed by atoms with Crippen molar-refractivity contribution in [1.29, 1.82) is 0 Å². The third kappa shape index (κ3) is 7.55. The molecule has 0 spiro atoms. The highest BCUT2D eigenvalue weighted by molar-refractivity contribution is 5.97. The molecule has 0 unspecified atom stereocenters. The lowest BCUT2D eigenvalue weighted by molar-refractivity contribution is -0.138. The van der Waals surface area contributed by atoms with Gasteiger partial charge < -0.3 is 30.3 Å². The highest BCUT2D eigenvalue weighted by Gasteiger charge is 2.39. The molecule has 8 nitrogen and oxygen atoms in total. The number of methoxy groups -OCH3 is 1. The number of ether oxygens (including phenoxy) is 2. The molecule has 1 saturated heterocycles. The van der Waals surface area contributed by atoms with E-state index >= 15 is 0 Å². The molecule has 1 heterocycles. The number of nitrogens with zero attached hydrogens (tertiary/aromatic N) is 2. The van der Waals surface area contributed by atoms with Crippen LogP contribution in [-0.4, -0.2) is 82.2 Å². The maximum atomic E-state index is 14.1. The highest BCUT2D eigenvalue weighted by Crippen LogP contribution is 2.41. The molecule has 1 fully saturated rings. The minimum Gasteiger partial charge on any atom is -0.478 e. The van der Waals surface area contributed by atoms with Crippen LogP contribution in [0, 0.1) is 0 Å². The molecule has 1 aromatic carbocycles. The van der Waals surface area contributed by atoms with E-state index in [0.29, 0.717) is 32.4 Å². The summed E-state index contributed by atoms with van der Waals surface area (Å²) in [6, 6.07) is 1.98. The number of nitrogens with one attached hydrogen (secondary N) is 1. The Bertz CT molecular complexity index is 871. The van der Waals surface area contributed by atoms with Crippen LogP contribution in [0.1, 0.15) is 49.0 Å². The van der Waals surface area contributed by atoms with Crippen molar-refractivity contribution in [3.05, 3.63) is 23.3 Å². The SMILES string of the molecule is COCC[C@@H]1CC[C@@H](N(C)C(=O)c2cc(N(C)CCN)c(OC(C)(C)C=O)cc2C(F)(F)F)CN1. The number of aldehydes is 1. The monoisotopic (exact) mass is 502 g/mol. The predicted molar refractivity (Wildman–Crippen MR) is 128 cm³/mol. The number of halogens is 3. The topological polar surface area (TPSA) is 97.1 Å². The standard InChI is InChI=1S/C24H37F3N4O4/c1-23(2,15-32)35-21-13-19(24(25,26)27)18(12-20(21)30(3)10-9-28)22(33)31(4)17-7-6-16(29-14-17)8-11-34-5/h12-13,15-17,29H,6-11,14,28H2,1-5H3/t16-,17+/m0/s1. The minimum atomic E-state index is -4.81. The molecule has 0 bridgehead atoms. The average Bonchev–Trinajstić information content (AvgIpc) is 2.81. The van der Waals surface area contributed by atoms with E-state index in [-0.39, 0.29) is 30.1 Å². The molecular formula is C24H37F3N4O4. The van der Waals surface area contributed by atoms with Gasteiger partial charge in [0, 0.05) is 59.5 Å². The number of alkyl halides is 3. The molecule has 0 saturated carbocycles. The Kier molecular flexibility index (Phi) is 9.94. The second-order valence-corrected chi connectivity index (χ2v) is 9.43. The highest BCUT2D eigenvalue weighted by atomic mass is 19.4. The van der Waals surface area contributed by atoms with E-state index in [4.69, 9.17) is 15.2 Å². The summed E-state index contributed by atoms with van der Waals surface area (Å²) in [5.41, 5.74) is 2.94. The number of hydrogen-bond donors (Lipinski definition) is 2. The fraction of sp³-hybridized carbons (Fsp3) is 0.667. The van der Waals surface area contributed by atoms with Gasteiger partial charge in [0.05, 0.1) is 16.8 Å². The quantitative estimate of drug-likeness (QED) is 0.449. The number of hydrogen-bond acceptors (Lipinski definition) is 7. The Morgan fingerprint density at radius 3 is 2.46 bits per heavy atom. The van der Waals surface area contributed by atoms with Gasteiger partial charge in [0.15, 0.2) is 11.9 Å². The van der Waals surface area contributed by atoms with Crippen LogP contribution in [0.25, 0.3) is 0 Å². The summed E-state index contributed by atoms with van der Waals surface area (Å²) >= 11 is 0. The lowest BCUT2D eigenvalue weighted by atomic mass is 9.96. The zero-order valence-electron chi connectivity index (χ0n) is 21.1. The van der Waals surface area contributed by atoms with Crippen LogP contribution in [0.3, 0.4) is 0 Å². The number of nitrogens with two attached hydrogens (primary N) is 1. The van der Waals surface area contributed by atoms with Gasteiger partial charge in [-0.1, -0.05) is 0 Å². The molecule has 2 rings (SSSR count). The van der Waals surface area contributed by atoms with Gasteiger partial charge >= 0.3 is 6.18 Å². The number of amides is 1. The predicted octanol–water partition coefficient (Wildman–Crippen LogP) is 2.69. The largest absolute Gasteiger partial charge is 0.478 e. The van der Waals surface area contributed by atoms with Crippen LogP contribution in [0.15, 0.2) is 12.1 Å². The van der Waals surface area contributed by atoms with E-state index in [2.05, 4.69) is 5.32 Å². The van der Waals surface area contributed by atoms with Crippen molar-refractivity contribution in [1.82, 2.24) is 10.2 Å². The fourth-order valence-electron chi connectivity index (χ4n) is 4.07. The van der Waals surface area contributed by atoms with Crippen molar-refractivity contribution in [3.8, 4) is 5.75 Å². The van der Waals surface area contributed by atoms with Gasteiger partial charge in [-0.25, -0.2) is 0 Å². The number of rotatable bonds is 11. The smallest absolute Gasteiger partial charge is 0.417 e. The molecule has 0 aliphatic carbocycles. The van der Waals surface area contributed by atoms with E-state index in [1.54, 1.807) is 19.1 Å². The van der Waals surface area contributed by atoms with E-state index in [1.165, 1.54) is 31.9 Å². The number of benzene rings is 1. The summed E-state index contributed by atoms with van der Waals surface area (Å²) in [6.07, 6.45) is -2.02. The lowest BCUT2D eigenvalue weighted by Crippen LogP contribution is -2.50. The second-order valence-electron chi connectivity index (χ2n) is 9.43. The Hall–Kier alpha value is -2.37. The first-order chi connectivity index (χ1) is 16.3. The summed E-state index contributed by atoms with van der Waals surface area (Å²) in [5, 5.41) is 3.35. The number of likely N-dealkylation sites (N-methyl/N-ethyl adjacent to an activating group) is 2. The summed E-state index contributed by atoms with van der Waals surface area (Å²) in [6.45, 7) is 4.52. The Morgan fingerprint density at radius 2 is 1.94 bits per heavy atom. The summed E-state index contributed by atoms with van der Waals surface area (Å²) in [5.74, 6) is -0.882. The lowest BCUT2D eigenvalue weighted by Gasteiger charge is -2.36. The molecular weight excluding hydrogens is 465 g/mol. The van der Waals surface area contributed by atoms with Gasteiger partial charge in [-0.05, 0) is 45.2 Å². The van der Waals surface area contributed by atoms with Crippen LogP contribution >= 0.6 is 0 Å². The Labute approximate surface area is 204 Å². The van der Waals surface area contributed by atoms with Crippen molar-refractivity contribution in [2.75, 3.05) is 52.3 Å². The number of piperidine rings is 1. The van der Waals surface area contributed by atoms with E-state index in [1.807, 2.05) is 0 Å². The Morgan fingerprint density at radius 1 is 1.26 bits per heavy atom. The van der Waals surface area contributed by atoms with Gasteiger partial charge in [-0.15, -0.1) is 0 Å². The molecule has 1 aromatic rings. The van der Waals surface area contributed by atoms with Gasteiger partial charge in [-0.2, -0.15) is 13.2 Å². The first-order valence-electron chi connectivity index (χ1n) is 11.7. The molecule has 3 N–H and O–H groups in total. The maximum Gasteiger partial charge on any atom is 0.417 e. The van der Waals surface area contributed by atoms with Crippen LogP contribution in [0.4, 0.5) is 18.9 Å². The first kappa shape index (κ1) is 28.9. The molecule has 1 aliphatic heterocycles. The molecule has 1 amide bonds. The summed E-state index contributed by atoms with van der Waals surface area (Å²) in [4.78, 5) is 27.7. The molecule has 2 atom stereocenters. The van der Waals surface area contributed by atoms with E-state index < -0.39 is 28.8 Å². The zero-order chi connectivity index (χ0) is 26.4. The summed E-state index contributed by atoms with van der Waals surface area (Å²) < 4.78 is 53.1. The van der Waals surface area contributed by atoms with Crippen molar-refractivity contribution in [2.45, 2.75) is 57.0 Å². The molecule has 0 aromatic heterocycles. The van der Waals surface area contributed by atoms with Crippen molar-refractivity contribution in [2.24, 2.45) is 5.73 Å². The third-order valence-electron chi connectivity index (χ3n) is 6.20. The van der Waals surface area contributed by atoms with Gasteiger partial charge in [-0.3, -0.25) is 9.59 Å². The van der Waals surface area contributed by atoms with Crippen LogP contribution in [0.2, 0.25) is 0 Å². The van der Waals surface area contributed by atoms with Gasteiger partial charge in [0.25, 0.3) is 5.91 Å². The number of anilines is 1. The molecule has 35 heavy (non-hydrogen) atoms. The fourth-order valence-corrected chi connectivity index (χ4v) is 4.07. The van der Waals surface area contributed by atoms with Crippen LogP contribution in [0.5, 0.6) is 5.75 Å². The Balaban J connectivity index is 2.44. The first-order valence-corrected chi connectivity index (χ1v) is 11.7. The summed E-state index contributed by atoms with van der Waals surface area (Å²) in [7, 11) is 4.79. The van der Waals surface area contributed by atoms with E-state index in [0.717, 1.165) is 18.9 Å².